The van der Waals surface area contributed by atoms with Gasteiger partial charge in [0.15, 0.2) is 5.84 Å². The average molecular weight is 229 g/mol. The van der Waals surface area contributed by atoms with E-state index in [4.69, 9.17) is 15.7 Å². The van der Waals surface area contributed by atoms with E-state index in [2.05, 4.69) is 5.16 Å². The van der Waals surface area contributed by atoms with E-state index in [0.717, 1.165) is 19.4 Å². The Bertz CT molecular complexity index is 274. The maximum absolute atomic E-state index is 11.8. The van der Waals surface area contributed by atoms with Crippen LogP contribution < -0.4 is 5.73 Å². The third kappa shape index (κ3) is 3.10. The topological polar surface area (TPSA) is 88.2 Å². The van der Waals surface area contributed by atoms with Gasteiger partial charge < -0.3 is 20.6 Å². The average Bonchev–Trinajstić information content (AvgIpc) is 2.78. The molecule has 0 radical (unpaired) electrons. The Labute approximate surface area is 95.0 Å². The van der Waals surface area contributed by atoms with Gasteiger partial charge in [-0.15, -0.1) is 0 Å². The smallest absolute Gasteiger partial charge is 0.232 e. The summed E-state index contributed by atoms with van der Waals surface area (Å²) in [7, 11) is 1.70. The molecule has 6 nitrogen and oxygen atoms in total. The second-order valence-corrected chi connectivity index (χ2v) is 4.10. The van der Waals surface area contributed by atoms with Crippen molar-refractivity contribution < 1.29 is 14.7 Å². The lowest BCUT2D eigenvalue weighted by molar-refractivity contribution is -0.133. The summed E-state index contributed by atoms with van der Waals surface area (Å²) in [5, 5.41) is 11.3. The third-order valence-electron chi connectivity index (χ3n) is 2.81. The summed E-state index contributed by atoms with van der Waals surface area (Å²) in [6.07, 6.45) is 2.14. The van der Waals surface area contributed by atoms with E-state index in [9.17, 15) is 4.79 Å². The van der Waals surface area contributed by atoms with Gasteiger partial charge in [-0.2, -0.15) is 0 Å². The highest BCUT2D eigenvalue weighted by molar-refractivity contribution is 6.01. The van der Waals surface area contributed by atoms with Crippen molar-refractivity contribution in [3.63, 3.8) is 0 Å². The van der Waals surface area contributed by atoms with Crippen LogP contribution in [0.15, 0.2) is 5.16 Å². The van der Waals surface area contributed by atoms with Crippen LogP contribution in [-0.4, -0.2) is 48.2 Å². The van der Waals surface area contributed by atoms with Crippen LogP contribution in [0.5, 0.6) is 0 Å². The minimum absolute atomic E-state index is 0.0656. The summed E-state index contributed by atoms with van der Waals surface area (Å²) in [5.41, 5.74) is 5.38. The van der Waals surface area contributed by atoms with Gasteiger partial charge in [0, 0.05) is 20.2 Å². The lowest BCUT2D eigenvalue weighted by atomic mass is 10.1. The molecule has 0 aromatic carbocycles. The number of amidine groups is 1. The summed E-state index contributed by atoms with van der Waals surface area (Å²) in [5.74, 6) is -0.827. The molecule has 0 bridgehead atoms. The minimum atomic E-state index is -0.601. The molecule has 16 heavy (non-hydrogen) atoms. The molecule has 1 amide bonds. The van der Waals surface area contributed by atoms with E-state index in [1.165, 1.54) is 0 Å². The molecule has 1 saturated heterocycles. The van der Waals surface area contributed by atoms with Gasteiger partial charge in [-0.1, -0.05) is 5.16 Å². The Morgan fingerprint density at radius 2 is 2.44 bits per heavy atom. The molecule has 0 aromatic rings. The summed E-state index contributed by atoms with van der Waals surface area (Å²) >= 11 is 0. The van der Waals surface area contributed by atoms with Crippen molar-refractivity contribution >= 4 is 11.7 Å². The Morgan fingerprint density at radius 3 is 2.94 bits per heavy atom. The predicted octanol–water partition coefficient (Wildman–Crippen LogP) is 0.00630. The number of oxime groups is 1. The molecule has 1 fully saturated rings. The second kappa shape index (κ2) is 5.69. The van der Waals surface area contributed by atoms with E-state index < -0.39 is 5.92 Å². The zero-order valence-corrected chi connectivity index (χ0v) is 9.72. The number of carbonyl (C=O) groups excluding carboxylic acids is 1. The van der Waals surface area contributed by atoms with Gasteiger partial charge in [-0.3, -0.25) is 4.79 Å². The molecule has 6 heteroatoms. The van der Waals surface area contributed by atoms with E-state index in [0.29, 0.717) is 6.54 Å². The van der Waals surface area contributed by atoms with E-state index in [1.54, 1.807) is 18.9 Å². The zero-order chi connectivity index (χ0) is 12.1. The molecule has 0 spiro atoms. The molecule has 1 heterocycles. The number of ether oxygens (including phenoxy) is 1. The number of rotatable bonds is 4. The van der Waals surface area contributed by atoms with Crippen LogP contribution in [0.2, 0.25) is 0 Å². The van der Waals surface area contributed by atoms with Gasteiger partial charge in [-0.25, -0.2) is 0 Å². The summed E-state index contributed by atoms with van der Waals surface area (Å²) in [4.78, 5) is 13.4. The number of nitrogens with zero attached hydrogens (tertiary/aromatic N) is 2. The van der Waals surface area contributed by atoms with Crippen LogP contribution in [-0.2, 0) is 9.53 Å². The molecule has 3 N–H and O–H groups in total. The third-order valence-corrected chi connectivity index (χ3v) is 2.81. The predicted molar refractivity (Wildman–Crippen MR) is 59.2 cm³/mol. The highest BCUT2D eigenvalue weighted by Gasteiger charge is 2.25. The SMILES string of the molecule is CC(C(=O)N(C)CC1CCCO1)C(N)=NO. The van der Waals surface area contributed by atoms with Gasteiger partial charge >= 0.3 is 0 Å². The molecule has 1 aliphatic heterocycles. The maximum Gasteiger partial charge on any atom is 0.232 e. The van der Waals surface area contributed by atoms with Crippen molar-refractivity contribution in [3.8, 4) is 0 Å². The van der Waals surface area contributed by atoms with Crippen molar-refractivity contribution in [2.24, 2.45) is 16.8 Å². The first kappa shape index (κ1) is 12.8. The van der Waals surface area contributed by atoms with Gasteiger partial charge in [0.25, 0.3) is 0 Å². The fourth-order valence-electron chi connectivity index (χ4n) is 1.73. The zero-order valence-electron chi connectivity index (χ0n) is 9.72. The van der Waals surface area contributed by atoms with E-state index >= 15 is 0 Å². The van der Waals surface area contributed by atoms with Crippen LogP contribution in [0.4, 0.5) is 0 Å². The second-order valence-electron chi connectivity index (χ2n) is 4.10. The first-order chi connectivity index (χ1) is 7.56. The Kier molecular flexibility index (Phi) is 4.54. The van der Waals surface area contributed by atoms with Crippen LogP contribution in [0.1, 0.15) is 19.8 Å². The Balaban J connectivity index is 2.46. The molecular formula is C10H19N3O3. The largest absolute Gasteiger partial charge is 0.409 e. The molecule has 1 aliphatic rings. The fraction of sp³-hybridized carbons (Fsp3) is 0.800. The maximum atomic E-state index is 11.8. The molecule has 92 valence electrons. The van der Waals surface area contributed by atoms with Crippen molar-refractivity contribution in [2.45, 2.75) is 25.9 Å². The molecule has 0 aliphatic carbocycles. The number of nitrogens with two attached hydrogens (primary N) is 1. The lowest BCUT2D eigenvalue weighted by Gasteiger charge is -2.23. The van der Waals surface area contributed by atoms with Crippen LogP contribution in [0, 0.1) is 5.92 Å². The van der Waals surface area contributed by atoms with Crippen LogP contribution in [0.25, 0.3) is 0 Å². The molecule has 2 unspecified atom stereocenters. The summed E-state index contributed by atoms with van der Waals surface area (Å²) in [6.45, 7) is 2.94. The number of likely N-dealkylation sites (N-methyl/N-ethyl adjacent to an activating group) is 1. The lowest BCUT2D eigenvalue weighted by Crippen LogP contribution is -2.41. The molecule has 0 aromatic heterocycles. The van der Waals surface area contributed by atoms with E-state index in [1.807, 2.05) is 0 Å². The van der Waals surface area contributed by atoms with E-state index in [-0.39, 0.29) is 17.8 Å². The highest BCUT2D eigenvalue weighted by Crippen LogP contribution is 2.13. The number of carbonyl (C=O) groups is 1. The number of hydrogen-bond acceptors (Lipinski definition) is 4. The standard InChI is InChI=1S/C10H19N3O3/c1-7(9(11)12-15)10(14)13(2)6-8-4-3-5-16-8/h7-8,15H,3-6H2,1-2H3,(H2,11,12). The first-order valence-corrected chi connectivity index (χ1v) is 5.40. The first-order valence-electron chi connectivity index (χ1n) is 5.40. The summed E-state index contributed by atoms with van der Waals surface area (Å²) in [6, 6.07) is 0. The van der Waals surface area contributed by atoms with Crippen LogP contribution in [0.3, 0.4) is 0 Å². The molecule has 1 rings (SSSR count). The summed E-state index contributed by atoms with van der Waals surface area (Å²) < 4.78 is 5.44. The molecular weight excluding hydrogens is 210 g/mol. The normalized spacial score (nSPS) is 23.1. The monoisotopic (exact) mass is 229 g/mol. The van der Waals surface area contributed by atoms with Crippen LogP contribution >= 0.6 is 0 Å². The van der Waals surface area contributed by atoms with Crippen molar-refractivity contribution in [1.82, 2.24) is 4.90 Å². The van der Waals surface area contributed by atoms with Gasteiger partial charge in [0.1, 0.15) is 0 Å². The van der Waals surface area contributed by atoms with Crippen molar-refractivity contribution in [3.05, 3.63) is 0 Å². The fourth-order valence-corrected chi connectivity index (χ4v) is 1.73. The highest BCUT2D eigenvalue weighted by atomic mass is 16.5. The quantitative estimate of drug-likeness (QED) is 0.307. The van der Waals surface area contributed by atoms with Gasteiger partial charge in [0.05, 0.1) is 12.0 Å². The van der Waals surface area contributed by atoms with Gasteiger partial charge in [-0.05, 0) is 19.8 Å². The number of hydrogen-bond donors (Lipinski definition) is 2. The Hall–Kier alpha value is -1.30. The minimum Gasteiger partial charge on any atom is -0.409 e. The molecule has 2 atom stereocenters. The van der Waals surface area contributed by atoms with Crippen molar-refractivity contribution in [1.29, 1.82) is 0 Å². The van der Waals surface area contributed by atoms with Crippen molar-refractivity contribution in [2.75, 3.05) is 20.2 Å². The Morgan fingerprint density at radius 1 is 1.75 bits per heavy atom. The van der Waals surface area contributed by atoms with Gasteiger partial charge in [0.2, 0.25) is 5.91 Å². The molecule has 0 saturated carbocycles. The number of amides is 1.